The van der Waals surface area contributed by atoms with Crippen molar-refractivity contribution in [3.05, 3.63) is 29.6 Å². The summed E-state index contributed by atoms with van der Waals surface area (Å²) in [6.07, 6.45) is 0.434. The third-order valence-electron chi connectivity index (χ3n) is 3.00. The minimum atomic E-state index is -0.957. The number of ether oxygens (including phenoxy) is 2. The molecule has 1 aliphatic rings. The first-order valence-electron chi connectivity index (χ1n) is 5.27. The minimum Gasteiger partial charge on any atom is -0.494 e. The molecule has 1 unspecified atom stereocenters. The van der Waals surface area contributed by atoms with Crippen molar-refractivity contribution < 1.29 is 23.8 Å². The summed E-state index contributed by atoms with van der Waals surface area (Å²) >= 11 is 0. The lowest BCUT2D eigenvalue weighted by Gasteiger charge is -2.41. The third-order valence-corrected chi connectivity index (χ3v) is 3.00. The summed E-state index contributed by atoms with van der Waals surface area (Å²) in [5.74, 6) is -1.33. The summed E-state index contributed by atoms with van der Waals surface area (Å²) in [4.78, 5) is 10.8. The van der Waals surface area contributed by atoms with Crippen LogP contribution in [0.2, 0.25) is 0 Å². The number of carbonyl (C=O) groups is 1. The fourth-order valence-electron chi connectivity index (χ4n) is 2.01. The Morgan fingerprint density at radius 2 is 2.35 bits per heavy atom. The quantitative estimate of drug-likeness (QED) is 0.873. The summed E-state index contributed by atoms with van der Waals surface area (Å²) in [6, 6.07) is 4.40. The van der Waals surface area contributed by atoms with Crippen LogP contribution in [0.25, 0.3) is 0 Å². The molecule has 1 atom stereocenters. The fourth-order valence-corrected chi connectivity index (χ4v) is 2.01. The summed E-state index contributed by atoms with van der Waals surface area (Å²) < 4.78 is 23.7. The van der Waals surface area contributed by atoms with Gasteiger partial charge >= 0.3 is 5.97 Å². The molecule has 4 nitrogen and oxygen atoms in total. The zero-order valence-electron chi connectivity index (χ0n) is 9.40. The van der Waals surface area contributed by atoms with Crippen LogP contribution in [0.15, 0.2) is 18.2 Å². The van der Waals surface area contributed by atoms with Crippen molar-refractivity contribution in [2.75, 3.05) is 13.7 Å². The molecule has 0 saturated carbocycles. The van der Waals surface area contributed by atoms with Crippen LogP contribution >= 0.6 is 0 Å². The average Bonchev–Trinajstić information content (AvgIpc) is 2.23. The number of methoxy groups -OCH3 is 1. The second-order valence-electron chi connectivity index (χ2n) is 4.01. The molecule has 1 aliphatic heterocycles. The average molecular weight is 240 g/mol. The highest BCUT2D eigenvalue weighted by atomic mass is 19.1. The lowest BCUT2D eigenvalue weighted by molar-refractivity contribution is -0.176. The second-order valence-corrected chi connectivity index (χ2v) is 4.01. The van der Waals surface area contributed by atoms with Gasteiger partial charge in [0.2, 0.25) is 0 Å². The molecule has 1 N–H and O–H groups in total. The number of benzene rings is 1. The summed E-state index contributed by atoms with van der Waals surface area (Å²) in [5.41, 5.74) is -0.330. The van der Waals surface area contributed by atoms with Crippen LogP contribution in [-0.2, 0) is 15.1 Å². The Morgan fingerprint density at radius 1 is 1.65 bits per heavy atom. The predicted octanol–water partition coefficient (Wildman–Crippen LogP) is 1.92. The molecule has 0 bridgehead atoms. The smallest absolute Gasteiger partial charge is 0.306 e. The highest BCUT2D eigenvalue weighted by Crippen LogP contribution is 2.41. The number of carboxylic acid groups (broad SMARTS) is 1. The van der Waals surface area contributed by atoms with Crippen molar-refractivity contribution in [1.82, 2.24) is 0 Å². The fraction of sp³-hybridized carbons (Fsp3) is 0.417. The standard InChI is InChI=1S/C12H13FO4/c1-16-10-3-2-8(6-9(10)13)12(4-5-17-12)7-11(14)15/h2-3,6H,4-5,7H2,1H3,(H,14,15). The lowest BCUT2D eigenvalue weighted by Crippen LogP contribution is -2.42. The largest absolute Gasteiger partial charge is 0.494 e. The van der Waals surface area contributed by atoms with E-state index >= 15 is 0 Å². The van der Waals surface area contributed by atoms with Crippen LogP contribution in [0.1, 0.15) is 18.4 Å². The van der Waals surface area contributed by atoms with E-state index in [1.54, 1.807) is 6.07 Å². The van der Waals surface area contributed by atoms with E-state index in [-0.39, 0.29) is 12.2 Å². The summed E-state index contributed by atoms with van der Waals surface area (Å²) in [7, 11) is 1.38. The summed E-state index contributed by atoms with van der Waals surface area (Å²) in [6.45, 7) is 0.501. The van der Waals surface area contributed by atoms with Gasteiger partial charge in [-0.3, -0.25) is 4.79 Å². The normalized spacial score (nSPS) is 22.9. The first kappa shape index (κ1) is 11.9. The Hall–Kier alpha value is -1.62. The summed E-state index contributed by atoms with van der Waals surface area (Å²) in [5, 5.41) is 8.85. The molecule has 0 aliphatic carbocycles. The number of carboxylic acids is 1. The van der Waals surface area contributed by atoms with Gasteiger partial charge in [0.1, 0.15) is 5.60 Å². The van der Waals surface area contributed by atoms with Crippen molar-refractivity contribution >= 4 is 5.97 Å². The maximum atomic E-state index is 13.6. The topological polar surface area (TPSA) is 55.8 Å². The molecule has 1 saturated heterocycles. The van der Waals surface area contributed by atoms with Gasteiger partial charge in [0.15, 0.2) is 11.6 Å². The molecule has 0 amide bonds. The number of rotatable bonds is 4. The van der Waals surface area contributed by atoms with Gasteiger partial charge in [0.25, 0.3) is 0 Å². The molecule has 2 rings (SSSR count). The molecule has 1 aromatic carbocycles. The van der Waals surface area contributed by atoms with Gasteiger partial charge in [-0.2, -0.15) is 0 Å². The van der Waals surface area contributed by atoms with Crippen LogP contribution in [-0.4, -0.2) is 24.8 Å². The molecular weight excluding hydrogens is 227 g/mol. The molecule has 1 heterocycles. The molecule has 0 aromatic heterocycles. The Balaban J connectivity index is 2.31. The van der Waals surface area contributed by atoms with E-state index < -0.39 is 17.4 Å². The van der Waals surface area contributed by atoms with Gasteiger partial charge in [0, 0.05) is 6.42 Å². The van der Waals surface area contributed by atoms with Gasteiger partial charge in [0.05, 0.1) is 20.1 Å². The molecule has 0 radical (unpaired) electrons. The lowest BCUT2D eigenvalue weighted by atomic mass is 9.83. The van der Waals surface area contributed by atoms with Crippen LogP contribution in [0.3, 0.4) is 0 Å². The molecular formula is C12H13FO4. The highest BCUT2D eigenvalue weighted by molar-refractivity contribution is 5.69. The van der Waals surface area contributed by atoms with Crippen molar-refractivity contribution in [2.24, 2.45) is 0 Å². The van der Waals surface area contributed by atoms with E-state index in [1.165, 1.54) is 19.2 Å². The number of aliphatic carboxylic acids is 1. The third kappa shape index (κ3) is 2.10. The van der Waals surface area contributed by atoms with Crippen LogP contribution in [0.4, 0.5) is 4.39 Å². The van der Waals surface area contributed by atoms with E-state index in [0.717, 1.165) is 0 Å². The van der Waals surface area contributed by atoms with Gasteiger partial charge in [-0.05, 0) is 17.7 Å². The van der Waals surface area contributed by atoms with E-state index in [9.17, 15) is 9.18 Å². The molecule has 1 aromatic rings. The van der Waals surface area contributed by atoms with Crippen molar-refractivity contribution in [3.8, 4) is 5.75 Å². The maximum Gasteiger partial charge on any atom is 0.306 e. The first-order valence-corrected chi connectivity index (χ1v) is 5.27. The van der Waals surface area contributed by atoms with E-state index in [2.05, 4.69) is 0 Å². The minimum absolute atomic E-state index is 0.138. The Morgan fingerprint density at radius 3 is 2.76 bits per heavy atom. The number of halogens is 1. The Bertz CT molecular complexity index is 440. The zero-order valence-corrected chi connectivity index (χ0v) is 9.40. The van der Waals surface area contributed by atoms with Gasteiger partial charge < -0.3 is 14.6 Å². The zero-order chi connectivity index (χ0) is 12.5. The number of hydrogen-bond acceptors (Lipinski definition) is 3. The molecule has 5 heteroatoms. The van der Waals surface area contributed by atoms with Crippen LogP contribution in [0, 0.1) is 5.82 Å². The van der Waals surface area contributed by atoms with Crippen LogP contribution in [0.5, 0.6) is 5.75 Å². The SMILES string of the molecule is COc1ccc(C2(CC(=O)O)CCO2)cc1F. The molecule has 1 fully saturated rings. The number of hydrogen-bond donors (Lipinski definition) is 1. The van der Waals surface area contributed by atoms with Gasteiger partial charge in [-0.1, -0.05) is 6.07 Å². The van der Waals surface area contributed by atoms with E-state index in [0.29, 0.717) is 18.6 Å². The monoisotopic (exact) mass is 240 g/mol. The predicted molar refractivity (Wildman–Crippen MR) is 57.5 cm³/mol. The van der Waals surface area contributed by atoms with Crippen LogP contribution < -0.4 is 4.74 Å². The van der Waals surface area contributed by atoms with Gasteiger partial charge in [-0.15, -0.1) is 0 Å². The molecule has 92 valence electrons. The Kier molecular flexibility index (Phi) is 3.02. The van der Waals surface area contributed by atoms with Gasteiger partial charge in [-0.25, -0.2) is 4.39 Å². The Labute approximate surface area is 98.0 Å². The molecule has 0 spiro atoms. The van der Waals surface area contributed by atoms with Crippen molar-refractivity contribution in [3.63, 3.8) is 0 Å². The first-order chi connectivity index (χ1) is 8.07. The van der Waals surface area contributed by atoms with Crippen molar-refractivity contribution in [2.45, 2.75) is 18.4 Å². The van der Waals surface area contributed by atoms with Crippen molar-refractivity contribution in [1.29, 1.82) is 0 Å². The second kappa shape index (κ2) is 4.33. The highest BCUT2D eigenvalue weighted by Gasteiger charge is 2.42. The van der Waals surface area contributed by atoms with E-state index in [1.807, 2.05) is 0 Å². The maximum absolute atomic E-state index is 13.6. The molecule has 17 heavy (non-hydrogen) atoms. The van der Waals surface area contributed by atoms with E-state index in [4.69, 9.17) is 14.6 Å².